The second-order valence-electron chi connectivity index (χ2n) is 5.15. The summed E-state index contributed by atoms with van der Waals surface area (Å²) in [4.78, 5) is 36.1. The van der Waals surface area contributed by atoms with E-state index in [4.69, 9.17) is 21.1 Å². The third kappa shape index (κ3) is 6.15. The average molecular weight is 343 g/mol. The zero-order valence-corrected chi connectivity index (χ0v) is 14.1. The van der Waals surface area contributed by atoms with E-state index in [0.717, 1.165) is 0 Å². The van der Waals surface area contributed by atoms with E-state index in [1.807, 2.05) is 0 Å². The molecule has 0 spiro atoms. The number of halogens is 1. The van der Waals surface area contributed by atoms with Gasteiger partial charge in [-0.05, 0) is 52.0 Å². The van der Waals surface area contributed by atoms with Crippen LogP contribution in [0.1, 0.15) is 38.1 Å². The number of carbonyl (C=O) groups is 3. The summed E-state index contributed by atoms with van der Waals surface area (Å²) in [6.07, 6.45) is -2.83. The van der Waals surface area contributed by atoms with E-state index >= 15 is 0 Å². The van der Waals surface area contributed by atoms with Crippen molar-refractivity contribution in [3.63, 3.8) is 0 Å². The van der Waals surface area contributed by atoms with E-state index in [0.29, 0.717) is 10.0 Å². The number of carbonyl (C=O) groups excluding carboxylic acids is 3. The van der Waals surface area contributed by atoms with Gasteiger partial charge in [-0.3, -0.25) is 4.79 Å². The number of hydrazine groups is 1. The van der Waals surface area contributed by atoms with Crippen LogP contribution in [0.2, 0.25) is 5.02 Å². The summed E-state index contributed by atoms with van der Waals surface area (Å²) in [7, 11) is 0. The zero-order chi connectivity index (χ0) is 17.6. The summed E-state index contributed by atoms with van der Waals surface area (Å²) in [5, 5.41) is 0.901. The van der Waals surface area contributed by atoms with Crippen LogP contribution in [0, 0.1) is 0 Å². The Hall–Kier alpha value is -2.28. The van der Waals surface area contributed by atoms with Gasteiger partial charge in [0.1, 0.15) is 0 Å². The SMILES string of the molecule is CC(C)OC(=O)NN(C(=O)OC(C)C)C(=O)c1ccc(Cl)cc1. The standard InChI is InChI=1S/C15H19ClN2O5/c1-9(2)22-14(20)17-18(15(21)23-10(3)4)13(19)11-5-7-12(16)8-6-11/h5-10H,1-4H3,(H,17,20). The van der Waals surface area contributed by atoms with Crippen LogP contribution in [0.15, 0.2) is 24.3 Å². The van der Waals surface area contributed by atoms with Crippen LogP contribution in [-0.2, 0) is 9.47 Å². The van der Waals surface area contributed by atoms with Gasteiger partial charge in [-0.1, -0.05) is 11.6 Å². The second kappa shape index (κ2) is 8.38. The van der Waals surface area contributed by atoms with Gasteiger partial charge in [0.05, 0.1) is 12.2 Å². The van der Waals surface area contributed by atoms with Crippen LogP contribution >= 0.6 is 11.6 Å². The first-order valence-corrected chi connectivity index (χ1v) is 7.36. The molecule has 0 atom stereocenters. The molecule has 23 heavy (non-hydrogen) atoms. The first kappa shape index (κ1) is 18.8. The third-order valence-corrected chi connectivity index (χ3v) is 2.61. The molecule has 0 saturated heterocycles. The maximum absolute atomic E-state index is 12.4. The fourth-order valence-electron chi connectivity index (χ4n) is 1.49. The van der Waals surface area contributed by atoms with Crippen molar-refractivity contribution in [3.8, 4) is 0 Å². The molecule has 7 nitrogen and oxygen atoms in total. The number of benzene rings is 1. The molecule has 0 aliphatic rings. The molecule has 8 heteroatoms. The van der Waals surface area contributed by atoms with Crippen molar-refractivity contribution in [2.24, 2.45) is 0 Å². The van der Waals surface area contributed by atoms with Gasteiger partial charge in [0.15, 0.2) is 0 Å². The molecular formula is C15H19ClN2O5. The van der Waals surface area contributed by atoms with Crippen LogP contribution in [0.3, 0.4) is 0 Å². The third-order valence-electron chi connectivity index (χ3n) is 2.36. The zero-order valence-electron chi connectivity index (χ0n) is 13.3. The van der Waals surface area contributed by atoms with Gasteiger partial charge in [-0.25, -0.2) is 15.0 Å². The summed E-state index contributed by atoms with van der Waals surface area (Å²) in [6, 6.07) is 5.84. The Labute approximate surface area is 139 Å². The molecule has 0 saturated carbocycles. The van der Waals surface area contributed by atoms with Gasteiger partial charge in [0, 0.05) is 10.6 Å². The Morgan fingerprint density at radius 3 is 2.00 bits per heavy atom. The normalized spacial score (nSPS) is 10.4. The predicted octanol–water partition coefficient (Wildman–Crippen LogP) is 3.38. The molecule has 0 fully saturated rings. The Morgan fingerprint density at radius 2 is 1.52 bits per heavy atom. The maximum Gasteiger partial charge on any atom is 0.436 e. The van der Waals surface area contributed by atoms with Gasteiger partial charge >= 0.3 is 12.2 Å². The lowest BCUT2D eigenvalue weighted by Gasteiger charge is -2.22. The highest BCUT2D eigenvalue weighted by Crippen LogP contribution is 2.12. The second-order valence-corrected chi connectivity index (χ2v) is 5.58. The Kier molecular flexibility index (Phi) is 6.84. The summed E-state index contributed by atoms with van der Waals surface area (Å²) in [5.41, 5.74) is 2.23. The average Bonchev–Trinajstić information content (AvgIpc) is 2.43. The van der Waals surface area contributed by atoms with Crippen molar-refractivity contribution in [2.75, 3.05) is 0 Å². The van der Waals surface area contributed by atoms with Gasteiger partial charge in [0.2, 0.25) is 0 Å². The number of hydrogen-bond donors (Lipinski definition) is 1. The number of amides is 3. The lowest BCUT2D eigenvalue weighted by Crippen LogP contribution is -2.51. The predicted molar refractivity (Wildman–Crippen MR) is 84.0 cm³/mol. The number of imide groups is 1. The van der Waals surface area contributed by atoms with Crippen molar-refractivity contribution in [1.29, 1.82) is 0 Å². The number of hydrogen-bond acceptors (Lipinski definition) is 5. The molecule has 1 N–H and O–H groups in total. The maximum atomic E-state index is 12.4. The molecule has 0 aromatic heterocycles. The Morgan fingerprint density at radius 1 is 1.00 bits per heavy atom. The molecule has 0 radical (unpaired) electrons. The lowest BCUT2D eigenvalue weighted by atomic mass is 10.2. The van der Waals surface area contributed by atoms with Crippen molar-refractivity contribution >= 4 is 29.7 Å². The minimum atomic E-state index is -1.01. The van der Waals surface area contributed by atoms with Crippen molar-refractivity contribution in [3.05, 3.63) is 34.9 Å². The number of nitrogens with one attached hydrogen (secondary N) is 1. The highest BCUT2D eigenvalue weighted by atomic mass is 35.5. The highest BCUT2D eigenvalue weighted by Gasteiger charge is 2.28. The van der Waals surface area contributed by atoms with E-state index in [2.05, 4.69) is 5.43 Å². The Bertz CT molecular complexity index is 572. The van der Waals surface area contributed by atoms with Crippen LogP contribution in [-0.4, -0.2) is 35.3 Å². The van der Waals surface area contributed by atoms with Crippen LogP contribution in [0.5, 0.6) is 0 Å². The molecular weight excluding hydrogens is 324 g/mol. The van der Waals surface area contributed by atoms with Crippen LogP contribution in [0.4, 0.5) is 9.59 Å². The molecule has 0 aliphatic heterocycles. The first-order chi connectivity index (χ1) is 10.7. The molecule has 0 bridgehead atoms. The molecule has 3 amide bonds. The van der Waals surface area contributed by atoms with Gasteiger partial charge in [-0.2, -0.15) is 0 Å². The van der Waals surface area contributed by atoms with E-state index < -0.39 is 30.3 Å². The number of rotatable bonds is 3. The van der Waals surface area contributed by atoms with Crippen molar-refractivity contribution in [2.45, 2.75) is 39.9 Å². The summed E-state index contributed by atoms with van der Waals surface area (Å²) >= 11 is 5.76. The van der Waals surface area contributed by atoms with Crippen LogP contribution in [0.25, 0.3) is 0 Å². The van der Waals surface area contributed by atoms with Gasteiger partial charge < -0.3 is 9.47 Å². The minimum absolute atomic E-state index is 0.153. The molecule has 1 rings (SSSR count). The largest absolute Gasteiger partial charge is 0.446 e. The summed E-state index contributed by atoms with van der Waals surface area (Å²) < 4.78 is 9.82. The molecule has 0 heterocycles. The van der Waals surface area contributed by atoms with Crippen molar-refractivity contribution in [1.82, 2.24) is 10.4 Å². The van der Waals surface area contributed by atoms with Gasteiger partial charge in [0.25, 0.3) is 5.91 Å². The van der Waals surface area contributed by atoms with Crippen LogP contribution < -0.4 is 5.43 Å². The topological polar surface area (TPSA) is 84.9 Å². The molecule has 126 valence electrons. The van der Waals surface area contributed by atoms with E-state index in [1.165, 1.54) is 24.3 Å². The fraction of sp³-hybridized carbons (Fsp3) is 0.400. The summed E-state index contributed by atoms with van der Waals surface area (Å²) in [5.74, 6) is -0.770. The van der Waals surface area contributed by atoms with E-state index in [-0.39, 0.29) is 5.56 Å². The quantitative estimate of drug-likeness (QED) is 0.851. The smallest absolute Gasteiger partial charge is 0.436 e. The fourth-order valence-corrected chi connectivity index (χ4v) is 1.61. The first-order valence-electron chi connectivity index (χ1n) is 6.98. The lowest BCUT2D eigenvalue weighted by molar-refractivity contribution is 0.0383. The highest BCUT2D eigenvalue weighted by molar-refractivity contribution is 6.30. The van der Waals surface area contributed by atoms with E-state index in [1.54, 1.807) is 27.7 Å². The molecule has 1 aromatic carbocycles. The summed E-state index contributed by atoms with van der Waals surface area (Å²) in [6.45, 7) is 6.51. The number of nitrogens with zero attached hydrogens (tertiary/aromatic N) is 1. The number of ether oxygens (including phenoxy) is 2. The Balaban J connectivity index is 2.97. The molecule has 1 aromatic rings. The monoisotopic (exact) mass is 342 g/mol. The van der Waals surface area contributed by atoms with E-state index in [9.17, 15) is 14.4 Å². The molecule has 0 unspecified atom stereocenters. The minimum Gasteiger partial charge on any atom is -0.446 e. The van der Waals surface area contributed by atoms with Gasteiger partial charge in [-0.15, -0.1) is 5.01 Å². The van der Waals surface area contributed by atoms with Crippen molar-refractivity contribution < 1.29 is 23.9 Å². The molecule has 0 aliphatic carbocycles.